The van der Waals surface area contributed by atoms with E-state index in [2.05, 4.69) is 10.4 Å². The predicted molar refractivity (Wildman–Crippen MR) is 117 cm³/mol. The zero-order valence-electron chi connectivity index (χ0n) is 18.2. The number of hydrogen-bond donors (Lipinski definition) is 1. The molecule has 172 valence electrons. The molecule has 1 amide bonds. The standard InChI is InChI=1S/C24H23F3N4O2/c1-15-21(16(2)31(29-15)20-10-6-7-17(13-20)24(25,26)27)22(32)23(33)30-12-11-19(14-30)28-18-8-4-3-5-9-18/h3-10,13,19,28H,11-12,14H2,1-2H3. The van der Waals surface area contributed by atoms with Crippen LogP contribution < -0.4 is 5.32 Å². The molecule has 0 bridgehead atoms. The molecule has 0 radical (unpaired) electrons. The molecule has 1 atom stereocenters. The molecule has 2 heterocycles. The van der Waals surface area contributed by atoms with Crippen molar-refractivity contribution in [2.45, 2.75) is 32.5 Å². The summed E-state index contributed by atoms with van der Waals surface area (Å²) >= 11 is 0. The summed E-state index contributed by atoms with van der Waals surface area (Å²) in [6.45, 7) is 3.97. The number of carbonyl (C=O) groups is 2. The maximum Gasteiger partial charge on any atom is 0.416 e. The van der Waals surface area contributed by atoms with Crippen molar-refractivity contribution >= 4 is 17.4 Å². The third kappa shape index (κ3) is 4.62. The van der Waals surface area contributed by atoms with E-state index in [1.54, 1.807) is 13.8 Å². The van der Waals surface area contributed by atoms with Crippen LogP contribution in [0.5, 0.6) is 0 Å². The molecule has 1 unspecified atom stereocenters. The van der Waals surface area contributed by atoms with Gasteiger partial charge in [-0.05, 0) is 50.6 Å². The third-order valence-corrected chi connectivity index (χ3v) is 5.75. The second-order valence-electron chi connectivity index (χ2n) is 8.08. The molecule has 1 fully saturated rings. The van der Waals surface area contributed by atoms with Crippen molar-refractivity contribution in [1.82, 2.24) is 14.7 Å². The van der Waals surface area contributed by atoms with Crippen molar-refractivity contribution in [1.29, 1.82) is 0 Å². The highest BCUT2D eigenvalue weighted by molar-refractivity contribution is 6.43. The highest BCUT2D eigenvalue weighted by atomic mass is 19.4. The number of halogens is 3. The van der Waals surface area contributed by atoms with Gasteiger partial charge in [-0.15, -0.1) is 0 Å². The second kappa shape index (κ2) is 8.73. The number of para-hydroxylation sites is 1. The fraction of sp³-hybridized carbons (Fsp3) is 0.292. The average molecular weight is 456 g/mol. The molecule has 3 aromatic rings. The molecular formula is C24H23F3N4O2. The number of ketones is 1. The quantitative estimate of drug-likeness (QED) is 0.457. The van der Waals surface area contributed by atoms with E-state index in [0.29, 0.717) is 30.9 Å². The van der Waals surface area contributed by atoms with Crippen LogP contribution >= 0.6 is 0 Å². The number of amides is 1. The van der Waals surface area contributed by atoms with Gasteiger partial charge in [0.25, 0.3) is 11.7 Å². The van der Waals surface area contributed by atoms with Gasteiger partial charge in [-0.25, -0.2) is 4.68 Å². The fourth-order valence-corrected chi connectivity index (χ4v) is 4.12. The number of alkyl halides is 3. The number of carbonyl (C=O) groups excluding carboxylic acids is 2. The Balaban J connectivity index is 1.52. The van der Waals surface area contributed by atoms with Crippen molar-refractivity contribution in [2.75, 3.05) is 18.4 Å². The molecule has 1 aromatic heterocycles. The SMILES string of the molecule is Cc1nn(-c2cccc(C(F)(F)F)c2)c(C)c1C(=O)C(=O)N1CCC(Nc2ccccc2)C1. The van der Waals surface area contributed by atoms with Crippen LogP contribution in [-0.4, -0.2) is 45.5 Å². The van der Waals surface area contributed by atoms with Gasteiger partial charge < -0.3 is 10.2 Å². The number of nitrogens with zero attached hydrogens (tertiary/aromatic N) is 3. The Hall–Kier alpha value is -3.62. The Morgan fingerprint density at radius 3 is 2.48 bits per heavy atom. The van der Waals surface area contributed by atoms with Gasteiger partial charge in [0, 0.05) is 24.8 Å². The molecule has 33 heavy (non-hydrogen) atoms. The Labute approximate surface area is 189 Å². The summed E-state index contributed by atoms with van der Waals surface area (Å²) < 4.78 is 40.6. The number of rotatable bonds is 5. The van der Waals surface area contributed by atoms with E-state index < -0.39 is 23.4 Å². The zero-order valence-corrected chi connectivity index (χ0v) is 18.2. The van der Waals surface area contributed by atoms with Crippen LogP contribution in [0.4, 0.5) is 18.9 Å². The van der Waals surface area contributed by atoms with Crippen LogP contribution in [0.2, 0.25) is 0 Å². The predicted octanol–water partition coefficient (Wildman–Crippen LogP) is 4.40. The normalized spacial score (nSPS) is 16.2. The van der Waals surface area contributed by atoms with E-state index in [4.69, 9.17) is 0 Å². The van der Waals surface area contributed by atoms with Crippen LogP contribution in [0.1, 0.15) is 33.7 Å². The molecule has 0 saturated carbocycles. The molecule has 2 aromatic carbocycles. The first kappa shape index (κ1) is 22.6. The molecule has 1 saturated heterocycles. The number of nitrogens with one attached hydrogen (secondary N) is 1. The molecular weight excluding hydrogens is 433 g/mol. The molecule has 4 rings (SSSR count). The van der Waals surface area contributed by atoms with Gasteiger partial charge in [-0.3, -0.25) is 9.59 Å². The highest BCUT2D eigenvalue weighted by Gasteiger charge is 2.34. The summed E-state index contributed by atoms with van der Waals surface area (Å²) in [4.78, 5) is 27.5. The van der Waals surface area contributed by atoms with Gasteiger partial charge in [0.2, 0.25) is 0 Å². The van der Waals surface area contributed by atoms with Crippen LogP contribution in [0.15, 0.2) is 54.6 Å². The van der Waals surface area contributed by atoms with Crippen LogP contribution in [0, 0.1) is 13.8 Å². The minimum Gasteiger partial charge on any atom is -0.380 e. The van der Waals surface area contributed by atoms with E-state index >= 15 is 0 Å². The number of Topliss-reactive ketones (excluding diaryl/α,β-unsaturated/α-hetero) is 1. The first-order valence-corrected chi connectivity index (χ1v) is 10.5. The molecule has 9 heteroatoms. The number of anilines is 1. The van der Waals surface area contributed by atoms with Crippen molar-refractivity contribution in [3.8, 4) is 5.69 Å². The van der Waals surface area contributed by atoms with E-state index in [0.717, 1.165) is 17.8 Å². The molecule has 1 aliphatic rings. The monoisotopic (exact) mass is 456 g/mol. The van der Waals surface area contributed by atoms with E-state index in [1.807, 2.05) is 30.3 Å². The highest BCUT2D eigenvalue weighted by Crippen LogP contribution is 2.31. The lowest BCUT2D eigenvalue weighted by Gasteiger charge is -2.17. The molecule has 1 aliphatic heterocycles. The third-order valence-electron chi connectivity index (χ3n) is 5.75. The number of aryl methyl sites for hydroxylation is 1. The van der Waals surface area contributed by atoms with Gasteiger partial charge in [-0.2, -0.15) is 18.3 Å². The summed E-state index contributed by atoms with van der Waals surface area (Å²) in [5, 5.41) is 7.61. The van der Waals surface area contributed by atoms with Crippen LogP contribution in [-0.2, 0) is 11.0 Å². The largest absolute Gasteiger partial charge is 0.416 e. The topological polar surface area (TPSA) is 67.2 Å². The number of likely N-dealkylation sites (tertiary alicyclic amines) is 1. The van der Waals surface area contributed by atoms with Gasteiger partial charge in [0.05, 0.1) is 28.2 Å². The van der Waals surface area contributed by atoms with Gasteiger partial charge >= 0.3 is 6.18 Å². The molecule has 1 N–H and O–H groups in total. The first-order chi connectivity index (χ1) is 15.6. The van der Waals surface area contributed by atoms with Crippen molar-refractivity contribution in [2.24, 2.45) is 0 Å². The Kier molecular flexibility index (Phi) is 5.97. The molecule has 6 nitrogen and oxygen atoms in total. The smallest absolute Gasteiger partial charge is 0.380 e. The zero-order chi connectivity index (χ0) is 23.8. The lowest BCUT2D eigenvalue weighted by Crippen LogP contribution is -2.36. The van der Waals surface area contributed by atoms with Gasteiger partial charge in [-0.1, -0.05) is 24.3 Å². The minimum atomic E-state index is -4.50. The first-order valence-electron chi connectivity index (χ1n) is 10.5. The summed E-state index contributed by atoms with van der Waals surface area (Å²) in [6, 6.07) is 14.3. The Morgan fingerprint density at radius 1 is 1.06 bits per heavy atom. The van der Waals surface area contributed by atoms with E-state index in [1.165, 1.54) is 21.7 Å². The van der Waals surface area contributed by atoms with Crippen molar-refractivity contribution in [3.05, 3.63) is 77.1 Å². The van der Waals surface area contributed by atoms with E-state index in [9.17, 15) is 22.8 Å². The fourth-order valence-electron chi connectivity index (χ4n) is 4.12. The summed E-state index contributed by atoms with van der Waals surface area (Å²) in [5.74, 6) is -1.34. The van der Waals surface area contributed by atoms with Crippen molar-refractivity contribution in [3.63, 3.8) is 0 Å². The lowest BCUT2D eigenvalue weighted by atomic mass is 10.1. The van der Waals surface area contributed by atoms with Crippen LogP contribution in [0.25, 0.3) is 5.69 Å². The lowest BCUT2D eigenvalue weighted by molar-refractivity contribution is -0.137. The molecule has 0 spiro atoms. The van der Waals surface area contributed by atoms with Crippen LogP contribution in [0.3, 0.4) is 0 Å². The summed E-state index contributed by atoms with van der Waals surface area (Å²) in [6.07, 6.45) is -3.80. The van der Waals surface area contributed by atoms with Crippen molar-refractivity contribution < 1.29 is 22.8 Å². The maximum atomic E-state index is 13.1. The minimum absolute atomic E-state index is 0.0270. The van der Waals surface area contributed by atoms with Gasteiger partial charge in [0.15, 0.2) is 0 Å². The Bertz CT molecular complexity index is 1190. The second-order valence-corrected chi connectivity index (χ2v) is 8.08. The number of aromatic nitrogens is 2. The van der Waals surface area contributed by atoms with E-state index in [-0.39, 0.29) is 17.3 Å². The average Bonchev–Trinajstić information content (AvgIpc) is 3.37. The number of hydrogen-bond acceptors (Lipinski definition) is 4. The Morgan fingerprint density at radius 2 is 1.79 bits per heavy atom. The summed E-state index contributed by atoms with van der Waals surface area (Å²) in [5.41, 5.74) is 1.04. The number of benzene rings is 2. The summed E-state index contributed by atoms with van der Waals surface area (Å²) in [7, 11) is 0. The van der Waals surface area contributed by atoms with Gasteiger partial charge in [0.1, 0.15) is 0 Å². The maximum absolute atomic E-state index is 13.1. The molecule has 0 aliphatic carbocycles.